The van der Waals surface area contributed by atoms with Crippen molar-refractivity contribution in [2.45, 2.75) is 0 Å². The number of halogens is 2. The van der Waals surface area contributed by atoms with Crippen LogP contribution in [-0.2, 0) is 0 Å². The zero-order chi connectivity index (χ0) is 10.8. The molecule has 0 amide bonds. The van der Waals surface area contributed by atoms with Crippen LogP contribution >= 0.6 is 11.6 Å². The van der Waals surface area contributed by atoms with Gasteiger partial charge in [-0.3, -0.25) is 4.79 Å². The molecule has 15 heavy (non-hydrogen) atoms. The minimum absolute atomic E-state index is 0.103. The summed E-state index contributed by atoms with van der Waals surface area (Å²) in [5.41, 5.74) is 0.103. The van der Waals surface area contributed by atoms with Gasteiger partial charge < -0.3 is 4.98 Å². The summed E-state index contributed by atoms with van der Waals surface area (Å²) in [6, 6.07) is 3.63. The van der Waals surface area contributed by atoms with Crippen LogP contribution < -0.4 is 0 Å². The van der Waals surface area contributed by atoms with E-state index in [0.717, 1.165) is 6.07 Å². The Labute approximate surface area is 89.9 Å². The number of nitrogens with one attached hydrogen (secondary N) is 1. The first-order chi connectivity index (χ1) is 7.18. The molecule has 0 aliphatic carbocycles. The molecule has 0 aliphatic heterocycles. The molecule has 2 rings (SSSR count). The van der Waals surface area contributed by atoms with E-state index >= 15 is 0 Å². The Morgan fingerprint density at radius 1 is 1.47 bits per heavy atom. The standard InChI is InChI=1S/C10H6ClFN2O/c11-8-2-1-6(12)5-7(8)9(15)10-13-3-4-14-10/h1-5H,(H,13,14). The molecular formula is C10H6ClFN2O. The largest absolute Gasteiger partial charge is 0.342 e. The van der Waals surface area contributed by atoms with Gasteiger partial charge in [0.1, 0.15) is 5.82 Å². The van der Waals surface area contributed by atoms with Crippen molar-refractivity contribution in [3.05, 3.63) is 52.8 Å². The molecule has 5 heteroatoms. The normalized spacial score (nSPS) is 10.3. The van der Waals surface area contributed by atoms with Crippen molar-refractivity contribution >= 4 is 17.4 Å². The number of benzene rings is 1. The van der Waals surface area contributed by atoms with Crippen molar-refractivity contribution in [2.75, 3.05) is 0 Å². The quantitative estimate of drug-likeness (QED) is 0.797. The average Bonchev–Trinajstić information content (AvgIpc) is 2.74. The summed E-state index contributed by atoms with van der Waals surface area (Å²) in [6.45, 7) is 0. The maximum absolute atomic E-state index is 12.9. The molecule has 1 N–H and O–H groups in total. The fourth-order valence-electron chi connectivity index (χ4n) is 1.19. The summed E-state index contributed by atoms with van der Waals surface area (Å²) >= 11 is 5.78. The SMILES string of the molecule is O=C(c1ncc[nH]1)c1cc(F)ccc1Cl. The summed E-state index contributed by atoms with van der Waals surface area (Å²) in [5, 5.41) is 0.206. The predicted octanol–water partition coefficient (Wildman–Crippen LogP) is 2.43. The van der Waals surface area contributed by atoms with Gasteiger partial charge in [-0.2, -0.15) is 0 Å². The molecule has 0 spiro atoms. The predicted molar refractivity (Wildman–Crippen MR) is 53.4 cm³/mol. The van der Waals surface area contributed by atoms with Gasteiger partial charge in [0.05, 0.1) is 5.02 Å². The van der Waals surface area contributed by atoms with E-state index in [4.69, 9.17) is 11.6 Å². The van der Waals surface area contributed by atoms with E-state index in [2.05, 4.69) is 9.97 Å². The number of rotatable bonds is 2. The van der Waals surface area contributed by atoms with E-state index < -0.39 is 11.6 Å². The van der Waals surface area contributed by atoms with E-state index in [-0.39, 0.29) is 16.4 Å². The molecule has 0 unspecified atom stereocenters. The first-order valence-corrected chi connectivity index (χ1v) is 4.55. The number of carbonyl (C=O) groups excluding carboxylic acids is 1. The van der Waals surface area contributed by atoms with E-state index in [1.165, 1.54) is 24.5 Å². The van der Waals surface area contributed by atoms with Crippen LogP contribution in [0.25, 0.3) is 0 Å². The van der Waals surface area contributed by atoms with E-state index in [1.807, 2.05) is 0 Å². The van der Waals surface area contributed by atoms with Crippen molar-refractivity contribution in [1.82, 2.24) is 9.97 Å². The van der Waals surface area contributed by atoms with Crippen molar-refractivity contribution in [3.8, 4) is 0 Å². The highest BCUT2D eigenvalue weighted by Crippen LogP contribution is 2.19. The molecule has 0 aliphatic rings. The molecule has 0 radical (unpaired) electrons. The van der Waals surface area contributed by atoms with Gasteiger partial charge in [-0.25, -0.2) is 9.37 Å². The molecule has 0 atom stereocenters. The lowest BCUT2D eigenvalue weighted by atomic mass is 10.1. The molecule has 1 aromatic heterocycles. The van der Waals surface area contributed by atoms with Gasteiger partial charge in [0.25, 0.3) is 0 Å². The van der Waals surface area contributed by atoms with Crippen LogP contribution in [0.3, 0.4) is 0 Å². The van der Waals surface area contributed by atoms with Gasteiger partial charge in [-0.15, -0.1) is 0 Å². The van der Waals surface area contributed by atoms with Crippen molar-refractivity contribution < 1.29 is 9.18 Å². The lowest BCUT2D eigenvalue weighted by Crippen LogP contribution is -2.04. The summed E-state index contributed by atoms with van der Waals surface area (Å²) in [6.07, 6.45) is 2.96. The number of aromatic nitrogens is 2. The fourth-order valence-corrected chi connectivity index (χ4v) is 1.39. The van der Waals surface area contributed by atoms with E-state index in [0.29, 0.717) is 0 Å². The van der Waals surface area contributed by atoms with Crippen molar-refractivity contribution in [1.29, 1.82) is 0 Å². The summed E-state index contributed by atoms with van der Waals surface area (Å²) < 4.78 is 12.9. The van der Waals surface area contributed by atoms with Crippen LogP contribution in [0.5, 0.6) is 0 Å². The molecular weight excluding hydrogens is 219 g/mol. The minimum Gasteiger partial charge on any atom is -0.342 e. The van der Waals surface area contributed by atoms with Crippen molar-refractivity contribution in [3.63, 3.8) is 0 Å². The lowest BCUT2D eigenvalue weighted by molar-refractivity contribution is 0.103. The molecule has 0 fully saturated rings. The Hall–Kier alpha value is -1.68. The second kappa shape index (κ2) is 3.82. The van der Waals surface area contributed by atoms with Crippen LogP contribution in [0.15, 0.2) is 30.6 Å². The van der Waals surface area contributed by atoms with E-state index in [9.17, 15) is 9.18 Å². The zero-order valence-corrected chi connectivity index (χ0v) is 8.25. The third-order valence-electron chi connectivity index (χ3n) is 1.89. The minimum atomic E-state index is -0.505. The van der Waals surface area contributed by atoms with Crippen molar-refractivity contribution in [2.24, 2.45) is 0 Å². The van der Waals surface area contributed by atoms with Gasteiger partial charge in [-0.05, 0) is 18.2 Å². The van der Waals surface area contributed by atoms with Gasteiger partial charge in [-0.1, -0.05) is 11.6 Å². The number of ketones is 1. The second-order valence-electron chi connectivity index (χ2n) is 2.89. The molecule has 76 valence electrons. The van der Waals surface area contributed by atoms with Crippen LogP contribution in [0.4, 0.5) is 4.39 Å². The summed E-state index contributed by atoms with van der Waals surface area (Å²) in [7, 11) is 0. The number of hydrogen-bond donors (Lipinski definition) is 1. The third kappa shape index (κ3) is 1.89. The molecule has 0 saturated carbocycles. The first kappa shape index (κ1) is 9.86. The Morgan fingerprint density at radius 2 is 2.27 bits per heavy atom. The number of carbonyl (C=O) groups is 1. The van der Waals surface area contributed by atoms with Crippen LogP contribution in [0.2, 0.25) is 5.02 Å². The average molecular weight is 225 g/mol. The highest BCUT2D eigenvalue weighted by atomic mass is 35.5. The van der Waals surface area contributed by atoms with Crippen LogP contribution in [0.1, 0.15) is 16.2 Å². The number of hydrogen-bond acceptors (Lipinski definition) is 2. The van der Waals surface area contributed by atoms with Crippen LogP contribution in [0, 0.1) is 5.82 Å². The molecule has 0 bridgehead atoms. The fraction of sp³-hybridized carbons (Fsp3) is 0. The Balaban J connectivity index is 2.46. The molecule has 0 saturated heterocycles. The molecule has 1 aromatic carbocycles. The third-order valence-corrected chi connectivity index (χ3v) is 2.22. The molecule has 1 heterocycles. The van der Waals surface area contributed by atoms with Gasteiger partial charge >= 0.3 is 0 Å². The topological polar surface area (TPSA) is 45.8 Å². The Morgan fingerprint density at radius 3 is 2.93 bits per heavy atom. The molecule has 2 aromatic rings. The Kier molecular flexibility index (Phi) is 2.51. The maximum atomic E-state index is 12.9. The number of H-pyrrole nitrogens is 1. The summed E-state index contributed by atoms with van der Waals surface area (Å²) in [5.74, 6) is -0.790. The number of aromatic amines is 1. The highest BCUT2D eigenvalue weighted by molar-refractivity contribution is 6.34. The molecule has 3 nitrogen and oxygen atoms in total. The smallest absolute Gasteiger partial charge is 0.229 e. The van der Waals surface area contributed by atoms with Gasteiger partial charge in [0, 0.05) is 18.0 Å². The zero-order valence-electron chi connectivity index (χ0n) is 7.50. The van der Waals surface area contributed by atoms with Gasteiger partial charge in [0.15, 0.2) is 5.82 Å². The highest BCUT2D eigenvalue weighted by Gasteiger charge is 2.15. The lowest BCUT2D eigenvalue weighted by Gasteiger charge is -2.00. The van der Waals surface area contributed by atoms with Crippen LogP contribution in [-0.4, -0.2) is 15.8 Å². The second-order valence-corrected chi connectivity index (χ2v) is 3.30. The Bertz CT molecular complexity index is 496. The first-order valence-electron chi connectivity index (χ1n) is 4.17. The van der Waals surface area contributed by atoms with Gasteiger partial charge in [0.2, 0.25) is 5.78 Å². The number of imidazole rings is 1. The monoisotopic (exact) mass is 224 g/mol. The number of nitrogens with zero attached hydrogens (tertiary/aromatic N) is 1. The summed E-state index contributed by atoms with van der Waals surface area (Å²) in [4.78, 5) is 18.2. The maximum Gasteiger partial charge on any atom is 0.229 e. The van der Waals surface area contributed by atoms with E-state index in [1.54, 1.807) is 0 Å².